The van der Waals surface area contributed by atoms with Gasteiger partial charge in [-0.25, -0.2) is 14.4 Å². The number of aliphatic carboxylic acids is 1. The van der Waals surface area contributed by atoms with Crippen LogP contribution in [0.4, 0.5) is 9.59 Å². The SMILES string of the molecule is C[C@@H](C(=O)NC(Cc1ccc(CCc2ccc(C(=O)N[C@H]3C[C@@H](C(=O)N[C@@H]4CCCc5ccccc54)N(C(=O)[C@@H](NC(=O)[C@H](C)N(C)C(=O)OC(C)(C)C)C(C)(C)C)C3)cc2)cc1)C(=O)O)N(C)C(=O)OC(C)(C)C. The van der Waals surface area contributed by atoms with Crippen molar-refractivity contribution in [3.63, 3.8) is 0 Å². The molecule has 1 fully saturated rings. The molecule has 1 unspecified atom stereocenters. The molecule has 18 nitrogen and oxygen atoms in total. The van der Waals surface area contributed by atoms with Gasteiger partial charge in [0.15, 0.2) is 0 Å². The molecule has 408 valence electrons. The largest absolute Gasteiger partial charge is 0.480 e. The van der Waals surface area contributed by atoms with Gasteiger partial charge < -0.3 is 40.7 Å². The van der Waals surface area contributed by atoms with E-state index in [-0.39, 0.29) is 37.2 Å². The Labute approximate surface area is 442 Å². The molecule has 5 rings (SSSR count). The van der Waals surface area contributed by atoms with Gasteiger partial charge >= 0.3 is 18.2 Å². The Bertz CT molecular complexity index is 2550. The average Bonchev–Trinajstić information content (AvgIpc) is 3.76. The molecule has 18 heteroatoms. The maximum Gasteiger partial charge on any atom is 0.410 e. The Morgan fingerprint density at radius 1 is 0.693 bits per heavy atom. The fourth-order valence-corrected chi connectivity index (χ4v) is 8.97. The number of carboxylic acid groups (broad SMARTS) is 1. The maximum atomic E-state index is 14.8. The number of carboxylic acids is 1. The van der Waals surface area contributed by atoms with Crippen LogP contribution in [-0.2, 0) is 59.1 Å². The number of aryl methyl sites for hydroxylation is 3. The summed E-state index contributed by atoms with van der Waals surface area (Å²) in [5.74, 6) is -3.65. The van der Waals surface area contributed by atoms with Crippen molar-refractivity contribution in [2.75, 3.05) is 20.6 Å². The van der Waals surface area contributed by atoms with Gasteiger partial charge in [-0.15, -0.1) is 0 Å². The molecule has 7 atom stereocenters. The van der Waals surface area contributed by atoms with Crippen molar-refractivity contribution in [2.45, 2.75) is 175 Å². The number of ether oxygens (including phenoxy) is 2. The lowest BCUT2D eigenvalue weighted by Crippen LogP contribution is -2.60. The summed E-state index contributed by atoms with van der Waals surface area (Å²) in [6.07, 6.45) is 2.56. The molecule has 0 aromatic heterocycles. The van der Waals surface area contributed by atoms with Crippen molar-refractivity contribution in [2.24, 2.45) is 5.41 Å². The van der Waals surface area contributed by atoms with Gasteiger partial charge in [-0.1, -0.05) is 81.4 Å². The second kappa shape index (κ2) is 24.6. The molecule has 2 aliphatic rings. The molecule has 1 aliphatic carbocycles. The third kappa shape index (κ3) is 16.5. The standard InChI is InChI=1S/C57H79N7O11/c1-34(62(12)53(72)74-56(6,7)8)47(65)60-44(52(70)71)31-38-25-23-36(24-26-38)21-22-37-27-29-40(30-28-37)49(67)58-41-32-45(50(68)59-43-20-16-18-39-17-14-15-19-42(39)43)64(33-41)51(69)46(55(3,4)5)61-48(66)35(2)63(13)54(73)75-57(9,10)11/h14-15,17,19,23-30,34-35,41,43-46H,16,18,20-22,31-33H2,1-13H3,(H,58,67)(H,59,68)(H,60,65)(H,61,66)(H,70,71)/t34-,35-,41-,43+,44?,45-,46+/m0/s1. The molecule has 1 heterocycles. The Morgan fingerprint density at radius 3 is 1.72 bits per heavy atom. The summed E-state index contributed by atoms with van der Waals surface area (Å²) in [7, 11) is 2.87. The Balaban J connectivity index is 1.23. The Morgan fingerprint density at radius 2 is 1.20 bits per heavy atom. The number of likely N-dealkylation sites (N-methyl/N-ethyl adjacent to an activating group) is 2. The number of rotatable bonds is 17. The Hall–Kier alpha value is -6.98. The predicted octanol–water partition coefficient (Wildman–Crippen LogP) is 6.52. The molecule has 1 saturated heterocycles. The molecule has 0 spiro atoms. The molecule has 0 saturated carbocycles. The number of fused-ring (bicyclic) bond motifs is 1. The van der Waals surface area contributed by atoms with Gasteiger partial charge in [-0.2, -0.15) is 0 Å². The average molecular weight is 1040 g/mol. The van der Waals surface area contributed by atoms with Crippen LogP contribution in [0.25, 0.3) is 0 Å². The van der Waals surface area contributed by atoms with E-state index in [0.717, 1.165) is 46.4 Å². The normalized spacial score (nSPS) is 18.2. The lowest BCUT2D eigenvalue weighted by molar-refractivity contribution is -0.144. The summed E-state index contributed by atoms with van der Waals surface area (Å²) in [5.41, 5.74) is 2.85. The van der Waals surface area contributed by atoms with Crippen molar-refractivity contribution < 1.29 is 52.9 Å². The minimum absolute atomic E-state index is 0.00879. The molecular weight excluding hydrogens is 959 g/mol. The fourth-order valence-electron chi connectivity index (χ4n) is 8.97. The van der Waals surface area contributed by atoms with E-state index < -0.39 is 88.7 Å². The second-order valence-electron chi connectivity index (χ2n) is 23.0. The monoisotopic (exact) mass is 1040 g/mol. The summed E-state index contributed by atoms with van der Waals surface area (Å²) < 4.78 is 10.8. The highest BCUT2D eigenvalue weighted by atomic mass is 16.6. The van der Waals surface area contributed by atoms with E-state index in [4.69, 9.17) is 9.47 Å². The van der Waals surface area contributed by atoms with Crippen molar-refractivity contribution in [3.05, 3.63) is 106 Å². The first-order valence-corrected chi connectivity index (χ1v) is 25.8. The van der Waals surface area contributed by atoms with Crippen molar-refractivity contribution in [3.8, 4) is 0 Å². The maximum absolute atomic E-state index is 14.8. The van der Waals surface area contributed by atoms with Crippen molar-refractivity contribution in [1.29, 1.82) is 0 Å². The first kappa shape index (κ1) is 58.9. The molecule has 3 aromatic rings. The molecule has 75 heavy (non-hydrogen) atoms. The van der Waals surface area contributed by atoms with E-state index in [1.807, 2.05) is 75.4 Å². The zero-order valence-corrected chi connectivity index (χ0v) is 46.0. The van der Waals surface area contributed by atoms with E-state index in [1.165, 1.54) is 30.8 Å². The van der Waals surface area contributed by atoms with Gasteiger partial charge in [0.1, 0.15) is 41.4 Å². The summed E-state index contributed by atoms with van der Waals surface area (Å²) in [4.78, 5) is 111. The first-order chi connectivity index (χ1) is 34.9. The highest BCUT2D eigenvalue weighted by Gasteiger charge is 2.46. The highest BCUT2D eigenvalue weighted by Crippen LogP contribution is 2.32. The number of benzene rings is 3. The van der Waals surface area contributed by atoms with E-state index in [0.29, 0.717) is 24.0 Å². The first-order valence-electron chi connectivity index (χ1n) is 25.8. The zero-order valence-electron chi connectivity index (χ0n) is 46.0. The second-order valence-corrected chi connectivity index (χ2v) is 23.0. The number of amides is 7. The van der Waals surface area contributed by atoms with Gasteiger partial charge in [0.2, 0.25) is 23.6 Å². The topological polar surface area (TPSA) is 233 Å². The third-order valence-corrected chi connectivity index (χ3v) is 13.6. The van der Waals surface area contributed by atoms with Gasteiger partial charge in [-0.3, -0.25) is 33.8 Å². The lowest BCUT2D eigenvalue weighted by atomic mass is 9.85. The quantitative estimate of drug-likeness (QED) is 0.0977. The van der Waals surface area contributed by atoms with Crippen LogP contribution in [0.1, 0.15) is 140 Å². The summed E-state index contributed by atoms with van der Waals surface area (Å²) in [6.45, 7) is 18.8. The van der Waals surface area contributed by atoms with Gasteiger partial charge in [0, 0.05) is 38.7 Å². The van der Waals surface area contributed by atoms with Crippen LogP contribution in [-0.4, -0.2) is 136 Å². The van der Waals surface area contributed by atoms with E-state index in [1.54, 1.807) is 60.6 Å². The van der Waals surface area contributed by atoms with Crippen LogP contribution in [0.5, 0.6) is 0 Å². The minimum atomic E-state index is -1.23. The molecule has 1 aliphatic heterocycles. The van der Waals surface area contributed by atoms with Crippen molar-refractivity contribution >= 4 is 47.7 Å². The van der Waals surface area contributed by atoms with E-state index >= 15 is 0 Å². The highest BCUT2D eigenvalue weighted by molar-refractivity contribution is 5.96. The van der Waals surface area contributed by atoms with Gasteiger partial charge in [0.05, 0.1) is 6.04 Å². The summed E-state index contributed by atoms with van der Waals surface area (Å²) in [5, 5.41) is 21.6. The van der Waals surface area contributed by atoms with Gasteiger partial charge in [-0.05, 0) is 139 Å². The van der Waals surface area contributed by atoms with E-state index in [9.17, 15) is 43.5 Å². The smallest absolute Gasteiger partial charge is 0.410 e. The molecule has 7 amide bonds. The van der Waals surface area contributed by atoms with Crippen LogP contribution < -0.4 is 21.3 Å². The van der Waals surface area contributed by atoms with Crippen LogP contribution in [0.3, 0.4) is 0 Å². The van der Waals surface area contributed by atoms with Crippen LogP contribution in [0, 0.1) is 5.41 Å². The number of nitrogens with one attached hydrogen (secondary N) is 4. The third-order valence-electron chi connectivity index (χ3n) is 13.6. The minimum Gasteiger partial charge on any atom is -0.480 e. The number of carbonyl (C=O) groups excluding carboxylic acids is 7. The number of hydrogen-bond acceptors (Lipinski definition) is 10. The number of nitrogens with zero attached hydrogens (tertiary/aromatic N) is 3. The number of hydrogen-bond donors (Lipinski definition) is 5. The number of carbonyl (C=O) groups is 8. The lowest BCUT2D eigenvalue weighted by Gasteiger charge is -2.37. The van der Waals surface area contributed by atoms with Crippen LogP contribution in [0.15, 0.2) is 72.8 Å². The van der Waals surface area contributed by atoms with Crippen molar-refractivity contribution in [1.82, 2.24) is 36.0 Å². The molecule has 0 radical (unpaired) electrons. The van der Waals surface area contributed by atoms with E-state index in [2.05, 4.69) is 27.3 Å². The molecule has 5 N–H and O–H groups in total. The molecular formula is C57H79N7O11. The fraction of sp³-hybridized carbons (Fsp3) is 0.544. The zero-order chi connectivity index (χ0) is 55.7. The van der Waals surface area contributed by atoms with Crippen LogP contribution in [0.2, 0.25) is 0 Å². The molecule has 0 bridgehead atoms. The van der Waals surface area contributed by atoms with Gasteiger partial charge in [0.25, 0.3) is 5.91 Å². The summed E-state index contributed by atoms with van der Waals surface area (Å²) in [6, 6.07) is 16.4. The Kier molecular flexibility index (Phi) is 19.3. The molecule has 3 aromatic carbocycles. The van der Waals surface area contributed by atoms with Crippen LogP contribution >= 0.6 is 0 Å². The predicted molar refractivity (Wildman–Crippen MR) is 284 cm³/mol. The number of likely N-dealkylation sites (tertiary alicyclic amines) is 1. The summed E-state index contributed by atoms with van der Waals surface area (Å²) >= 11 is 0.